The van der Waals surface area contributed by atoms with Crippen molar-refractivity contribution in [2.45, 2.75) is 44.2 Å². The van der Waals surface area contributed by atoms with Gasteiger partial charge in [-0.1, -0.05) is 18.2 Å². The predicted octanol–water partition coefficient (Wildman–Crippen LogP) is 6.63. The van der Waals surface area contributed by atoms with Crippen LogP contribution in [-0.2, 0) is 9.53 Å². The number of hydrogen-bond donors (Lipinski definition) is 2. The van der Waals surface area contributed by atoms with Crippen molar-refractivity contribution < 1.29 is 28.5 Å². The number of nitrogens with two attached hydrogens (primary N) is 1. The maximum Gasteiger partial charge on any atom is 0.323 e. The van der Waals surface area contributed by atoms with E-state index in [4.69, 9.17) is 24.7 Å². The first-order valence-corrected chi connectivity index (χ1v) is 14.6. The van der Waals surface area contributed by atoms with Crippen molar-refractivity contribution in [1.29, 1.82) is 0 Å². The third kappa shape index (κ3) is 7.18. The summed E-state index contributed by atoms with van der Waals surface area (Å²) in [6, 6.07) is 18.9. The molecule has 1 aromatic heterocycles. The van der Waals surface area contributed by atoms with Gasteiger partial charge in [0.25, 0.3) is 5.91 Å². The number of pyridine rings is 1. The van der Waals surface area contributed by atoms with Gasteiger partial charge in [0, 0.05) is 35.3 Å². The number of halogens is 1. The molecule has 0 spiro atoms. The summed E-state index contributed by atoms with van der Waals surface area (Å²) >= 11 is 3.54. The molecule has 1 aliphatic carbocycles. The van der Waals surface area contributed by atoms with Crippen molar-refractivity contribution in [2.24, 2.45) is 5.73 Å². The van der Waals surface area contributed by atoms with Gasteiger partial charge in [0.1, 0.15) is 17.9 Å². The zero-order chi connectivity index (χ0) is 29.5. The van der Waals surface area contributed by atoms with Gasteiger partial charge in [-0.05, 0) is 84.1 Å². The number of carbonyl (C=O) groups is 2. The largest absolute Gasteiger partial charge is 0.493 e. The fraction of sp³-hybridized carbons (Fsp3) is 0.281. The maximum absolute atomic E-state index is 12.5. The van der Waals surface area contributed by atoms with Crippen molar-refractivity contribution in [3.05, 3.63) is 83.0 Å². The molecule has 1 amide bonds. The first-order valence-electron chi connectivity index (χ1n) is 13.8. The molecule has 1 heterocycles. The van der Waals surface area contributed by atoms with Gasteiger partial charge in [0.05, 0.1) is 23.7 Å². The minimum atomic E-state index is -0.760. The minimum Gasteiger partial charge on any atom is -0.493 e. The van der Waals surface area contributed by atoms with E-state index in [1.165, 1.54) is 0 Å². The summed E-state index contributed by atoms with van der Waals surface area (Å²) in [5, 5.41) is 3.58. The number of amides is 1. The fourth-order valence-electron chi connectivity index (χ4n) is 4.72. The Morgan fingerprint density at radius 3 is 2.50 bits per heavy atom. The van der Waals surface area contributed by atoms with Crippen molar-refractivity contribution >= 4 is 44.4 Å². The van der Waals surface area contributed by atoms with Crippen molar-refractivity contribution in [3.63, 3.8) is 0 Å². The Balaban J connectivity index is 1.25. The number of ether oxygens (including phenoxy) is 4. The summed E-state index contributed by atoms with van der Waals surface area (Å²) < 4.78 is 23.9. The third-order valence-corrected chi connectivity index (χ3v) is 7.57. The zero-order valence-electron chi connectivity index (χ0n) is 23.2. The summed E-state index contributed by atoms with van der Waals surface area (Å²) in [5.41, 5.74) is 7.89. The number of aromatic nitrogens is 1. The van der Waals surface area contributed by atoms with Crippen LogP contribution in [0, 0.1) is 0 Å². The van der Waals surface area contributed by atoms with E-state index in [0.29, 0.717) is 56.0 Å². The van der Waals surface area contributed by atoms with Crippen LogP contribution in [0.15, 0.2) is 77.4 Å². The van der Waals surface area contributed by atoms with E-state index in [0.717, 1.165) is 25.7 Å². The van der Waals surface area contributed by atoms with Crippen LogP contribution < -0.4 is 25.3 Å². The van der Waals surface area contributed by atoms with Crippen LogP contribution in [0.25, 0.3) is 10.9 Å². The van der Waals surface area contributed by atoms with Crippen LogP contribution in [0.2, 0.25) is 0 Å². The number of anilines is 1. The molecule has 0 bridgehead atoms. The van der Waals surface area contributed by atoms with Gasteiger partial charge in [0.15, 0.2) is 17.2 Å². The standard InChI is InChI=1S/C32H32BrN3O6/c1-39-28-17-24-27(18-29(28)40-16-15-26(34)32(38)42-22-9-5-6-10-22)35-19-25(33)30(24)41-23-13-11-21(12-14-23)36-31(37)20-7-3-2-4-8-20/h2-4,7-8,11-14,17-19,22,26H,5-6,9-10,15-16,34H2,1H3,(H,36,37)/t26-/m0/s1. The Morgan fingerprint density at radius 2 is 1.79 bits per heavy atom. The Labute approximate surface area is 252 Å². The van der Waals surface area contributed by atoms with E-state index in [1.54, 1.807) is 61.8 Å². The molecule has 1 atom stereocenters. The average molecular weight is 635 g/mol. The van der Waals surface area contributed by atoms with E-state index >= 15 is 0 Å². The maximum atomic E-state index is 12.5. The van der Waals surface area contributed by atoms with E-state index in [2.05, 4.69) is 26.2 Å². The van der Waals surface area contributed by atoms with E-state index < -0.39 is 12.0 Å². The Morgan fingerprint density at radius 1 is 1.05 bits per heavy atom. The van der Waals surface area contributed by atoms with Gasteiger partial charge < -0.3 is 30.0 Å². The fourth-order valence-corrected chi connectivity index (χ4v) is 5.11. The first-order chi connectivity index (χ1) is 20.4. The van der Waals surface area contributed by atoms with Crippen LogP contribution in [0.3, 0.4) is 0 Å². The van der Waals surface area contributed by atoms with Crippen LogP contribution in [0.5, 0.6) is 23.0 Å². The molecule has 0 unspecified atom stereocenters. The Kier molecular flexibility index (Phi) is 9.55. The molecule has 1 fully saturated rings. The second kappa shape index (κ2) is 13.7. The molecular formula is C32H32BrN3O6. The SMILES string of the molecule is COc1cc2c(Oc3ccc(NC(=O)c4ccccc4)cc3)c(Br)cnc2cc1OCC[C@H](N)C(=O)OC1CCCC1. The molecule has 0 radical (unpaired) electrons. The van der Waals surface area contributed by atoms with Crippen LogP contribution in [0.1, 0.15) is 42.5 Å². The summed E-state index contributed by atoms with van der Waals surface area (Å²) in [4.78, 5) is 29.3. The highest BCUT2D eigenvalue weighted by molar-refractivity contribution is 9.10. The summed E-state index contributed by atoms with van der Waals surface area (Å²) in [5.74, 6) is 1.48. The summed E-state index contributed by atoms with van der Waals surface area (Å²) in [6.07, 6.45) is 5.89. The number of nitrogens with one attached hydrogen (secondary N) is 1. The normalized spacial score (nSPS) is 13.9. The number of esters is 1. The van der Waals surface area contributed by atoms with Crippen LogP contribution in [-0.4, -0.2) is 42.7 Å². The number of carbonyl (C=O) groups excluding carboxylic acids is 2. The van der Waals surface area contributed by atoms with Gasteiger partial charge in [0.2, 0.25) is 0 Å². The minimum absolute atomic E-state index is 0.0229. The topological polar surface area (TPSA) is 122 Å². The molecule has 0 aliphatic heterocycles. The lowest BCUT2D eigenvalue weighted by atomic mass is 10.1. The number of hydrogen-bond acceptors (Lipinski definition) is 8. The Bertz CT molecular complexity index is 1540. The smallest absolute Gasteiger partial charge is 0.323 e. The van der Waals surface area contributed by atoms with Crippen molar-refractivity contribution in [3.8, 4) is 23.0 Å². The highest BCUT2D eigenvalue weighted by Crippen LogP contribution is 2.41. The first kappa shape index (κ1) is 29.3. The lowest BCUT2D eigenvalue weighted by molar-refractivity contribution is -0.150. The molecule has 9 nitrogen and oxygen atoms in total. The van der Waals surface area contributed by atoms with E-state index in [9.17, 15) is 9.59 Å². The number of nitrogens with zero attached hydrogens (tertiary/aromatic N) is 1. The molecule has 0 saturated heterocycles. The lowest BCUT2D eigenvalue weighted by Crippen LogP contribution is -2.35. The van der Waals surface area contributed by atoms with E-state index in [1.807, 2.05) is 18.2 Å². The number of rotatable bonds is 11. The number of methoxy groups -OCH3 is 1. The monoisotopic (exact) mass is 633 g/mol. The number of benzene rings is 3. The third-order valence-electron chi connectivity index (χ3n) is 7.00. The van der Waals surface area contributed by atoms with Crippen LogP contribution >= 0.6 is 15.9 Å². The molecule has 4 aromatic rings. The summed E-state index contributed by atoms with van der Waals surface area (Å²) in [7, 11) is 1.55. The molecule has 10 heteroatoms. The summed E-state index contributed by atoms with van der Waals surface area (Å²) in [6.45, 7) is 0.204. The van der Waals surface area contributed by atoms with Gasteiger partial charge in [-0.15, -0.1) is 0 Å². The Hall–Kier alpha value is -4.15. The average Bonchev–Trinajstić information content (AvgIpc) is 3.52. The molecule has 3 N–H and O–H groups in total. The van der Waals surface area contributed by atoms with Crippen LogP contribution in [0.4, 0.5) is 5.69 Å². The molecule has 3 aromatic carbocycles. The van der Waals surface area contributed by atoms with Crippen molar-refractivity contribution in [2.75, 3.05) is 19.0 Å². The van der Waals surface area contributed by atoms with Gasteiger partial charge in [-0.3, -0.25) is 14.6 Å². The predicted molar refractivity (Wildman–Crippen MR) is 163 cm³/mol. The molecule has 5 rings (SSSR count). The van der Waals surface area contributed by atoms with E-state index in [-0.39, 0.29) is 18.6 Å². The molecule has 1 saturated carbocycles. The highest BCUT2D eigenvalue weighted by atomic mass is 79.9. The number of fused-ring (bicyclic) bond motifs is 1. The molecule has 1 aliphatic rings. The van der Waals surface area contributed by atoms with Gasteiger partial charge in [-0.25, -0.2) is 0 Å². The highest BCUT2D eigenvalue weighted by Gasteiger charge is 2.23. The quantitative estimate of drug-likeness (QED) is 0.176. The second-order valence-electron chi connectivity index (χ2n) is 9.99. The molecular weight excluding hydrogens is 602 g/mol. The van der Waals surface area contributed by atoms with Crippen molar-refractivity contribution in [1.82, 2.24) is 4.98 Å². The zero-order valence-corrected chi connectivity index (χ0v) is 24.8. The lowest BCUT2D eigenvalue weighted by Gasteiger charge is -2.17. The van der Waals surface area contributed by atoms with Gasteiger partial charge >= 0.3 is 5.97 Å². The second-order valence-corrected chi connectivity index (χ2v) is 10.8. The molecule has 218 valence electrons. The molecule has 42 heavy (non-hydrogen) atoms. The van der Waals surface area contributed by atoms with Gasteiger partial charge in [-0.2, -0.15) is 0 Å².